The zero-order chi connectivity index (χ0) is 14.0. The molecular weight excluding hydrogens is 238 g/mol. The molecule has 1 amide bonds. The highest BCUT2D eigenvalue weighted by Gasteiger charge is 2.16. The minimum absolute atomic E-state index is 0.0802. The van der Waals surface area contributed by atoms with Crippen LogP contribution in [0.25, 0.3) is 10.9 Å². The summed E-state index contributed by atoms with van der Waals surface area (Å²) in [6.07, 6.45) is 1.04. The number of para-hydroxylation sites is 1. The van der Waals surface area contributed by atoms with Crippen molar-refractivity contribution in [2.75, 3.05) is 5.73 Å². The first-order valence-electron chi connectivity index (χ1n) is 6.71. The lowest BCUT2D eigenvalue weighted by Gasteiger charge is -2.19. The summed E-state index contributed by atoms with van der Waals surface area (Å²) in [6.45, 7) is 6.29. The average Bonchev–Trinajstić information content (AvgIpc) is 2.83. The second kappa shape index (κ2) is 5.34. The number of H-pyrrole nitrogens is 1. The molecule has 4 nitrogen and oxygen atoms in total. The van der Waals surface area contributed by atoms with E-state index in [1.54, 1.807) is 0 Å². The highest BCUT2D eigenvalue weighted by molar-refractivity contribution is 6.00. The van der Waals surface area contributed by atoms with E-state index in [0.717, 1.165) is 17.3 Å². The molecule has 102 valence electrons. The maximum atomic E-state index is 12.2. The van der Waals surface area contributed by atoms with E-state index in [0.29, 0.717) is 17.3 Å². The molecule has 1 aromatic heterocycles. The standard InChI is InChI=1S/C15H21N3O/c1-4-9(2)10(3)17-15(19)13-8-11-6-5-7-12(16)14(11)18-13/h5-10,18H,4,16H2,1-3H3,(H,17,19). The topological polar surface area (TPSA) is 70.9 Å². The van der Waals surface area contributed by atoms with Gasteiger partial charge in [-0.1, -0.05) is 32.4 Å². The number of nitrogen functional groups attached to an aromatic ring is 1. The Balaban J connectivity index is 2.20. The SMILES string of the molecule is CCC(C)C(C)NC(=O)c1cc2cccc(N)c2[nH]1. The molecule has 1 heterocycles. The fourth-order valence-corrected chi connectivity index (χ4v) is 2.08. The Morgan fingerprint density at radius 2 is 2.16 bits per heavy atom. The number of aromatic nitrogens is 1. The highest BCUT2D eigenvalue weighted by Crippen LogP contribution is 2.21. The number of carbonyl (C=O) groups excluding carboxylic acids is 1. The second-order valence-corrected chi connectivity index (χ2v) is 5.14. The Morgan fingerprint density at radius 3 is 2.79 bits per heavy atom. The van der Waals surface area contributed by atoms with Crippen LogP contribution in [0.4, 0.5) is 5.69 Å². The van der Waals surface area contributed by atoms with Crippen LogP contribution in [0.2, 0.25) is 0 Å². The van der Waals surface area contributed by atoms with Gasteiger partial charge < -0.3 is 16.0 Å². The van der Waals surface area contributed by atoms with Gasteiger partial charge in [0.1, 0.15) is 5.69 Å². The van der Waals surface area contributed by atoms with Crippen LogP contribution in [0.3, 0.4) is 0 Å². The van der Waals surface area contributed by atoms with Crippen molar-refractivity contribution in [2.45, 2.75) is 33.2 Å². The van der Waals surface area contributed by atoms with E-state index in [-0.39, 0.29) is 11.9 Å². The van der Waals surface area contributed by atoms with Gasteiger partial charge in [0.15, 0.2) is 0 Å². The molecular formula is C15H21N3O. The number of nitrogens with two attached hydrogens (primary N) is 1. The van der Waals surface area contributed by atoms with Gasteiger partial charge in [0.05, 0.1) is 11.2 Å². The molecule has 2 unspecified atom stereocenters. The van der Waals surface area contributed by atoms with Crippen LogP contribution in [-0.2, 0) is 0 Å². The van der Waals surface area contributed by atoms with Crippen LogP contribution in [0.5, 0.6) is 0 Å². The maximum Gasteiger partial charge on any atom is 0.267 e. The van der Waals surface area contributed by atoms with E-state index in [9.17, 15) is 4.79 Å². The third kappa shape index (κ3) is 2.72. The smallest absolute Gasteiger partial charge is 0.267 e. The predicted molar refractivity (Wildman–Crippen MR) is 79.1 cm³/mol. The number of hydrogen-bond donors (Lipinski definition) is 3. The lowest BCUT2D eigenvalue weighted by molar-refractivity contribution is 0.0924. The number of nitrogens with one attached hydrogen (secondary N) is 2. The molecule has 0 radical (unpaired) electrons. The minimum atomic E-state index is -0.0802. The van der Waals surface area contributed by atoms with Crippen LogP contribution >= 0.6 is 0 Å². The first kappa shape index (κ1) is 13.5. The summed E-state index contributed by atoms with van der Waals surface area (Å²) in [5.74, 6) is 0.377. The largest absolute Gasteiger partial charge is 0.397 e. The fourth-order valence-electron chi connectivity index (χ4n) is 2.08. The molecule has 2 rings (SSSR count). The average molecular weight is 259 g/mol. The number of aromatic amines is 1. The van der Waals surface area contributed by atoms with Crippen LogP contribution in [0.15, 0.2) is 24.3 Å². The van der Waals surface area contributed by atoms with E-state index in [4.69, 9.17) is 5.73 Å². The Kier molecular flexibility index (Phi) is 3.79. The van der Waals surface area contributed by atoms with Gasteiger partial charge in [-0.3, -0.25) is 4.79 Å². The van der Waals surface area contributed by atoms with Crippen LogP contribution < -0.4 is 11.1 Å². The molecule has 0 aliphatic rings. The molecule has 0 aliphatic carbocycles. The van der Waals surface area contributed by atoms with Gasteiger partial charge in [-0.2, -0.15) is 0 Å². The number of benzene rings is 1. The third-order valence-electron chi connectivity index (χ3n) is 3.79. The van der Waals surface area contributed by atoms with Gasteiger partial charge in [0, 0.05) is 11.4 Å². The van der Waals surface area contributed by atoms with Crippen molar-refractivity contribution in [1.29, 1.82) is 0 Å². The van der Waals surface area contributed by atoms with Crippen LogP contribution in [0.1, 0.15) is 37.7 Å². The van der Waals surface area contributed by atoms with E-state index in [1.165, 1.54) is 0 Å². The van der Waals surface area contributed by atoms with Gasteiger partial charge in [-0.25, -0.2) is 0 Å². The lowest BCUT2D eigenvalue weighted by Crippen LogP contribution is -2.37. The number of fused-ring (bicyclic) bond motifs is 1. The van der Waals surface area contributed by atoms with Crippen molar-refractivity contribution in [3.63, 3.8) is 0 Å². The van der Waals surface area contributed by atoms with Gasteiger partial charge in [0.25, 0.3) is 5.91 Å². The Bertz CT molecular complexity index is 588. The molecule has 0 saturated heterocycles. The zero-order valence-corrected chi connectivity index (χ0v) is 11.7. The molecule has 0 aliphatic heterocycles. The van der Waals surface area contributed by atoms with E-state index in [2.05, 4.69) is 24.1 Å². The second-order valence-electron chi connectivity index (χ2n) is 5.14. The molecule has 4 N–H and O–H groups in total. The molecule has 0 saturated carbocycles. The predicted octanol–water partition coefficient (Wildman–Crippen LogP) is 2.91. The summed E-state index contributed by atoms with van der Waals surface area (Å²) in [5.41, 5.74) is 7.92. The van der Waals surface area contributed by atoms with E-state index < -0.39 is 0 Å². The normalized spacial score (nSPS) is 14.3. The molecule has 1 aromatic carbocycles. The lowest BCUT2D eigenvalue weighted by atomic mass is 10.0. The fraction of sp³-hybridized carbons (Fsp3) is 0.400. The number of amides is 1. The maximum absolute atomic E-state index is 12.2. The van der Waals surface area contributed by atoms with Crippen molar-refractivity contribution in [2.24, 2.45) is 5.92 Å². The van der Waals surface area contributed by atoms with Gasteiger partial charge in [0.2, 0.25) is 0 Å². The first-order valence-corrected chi connectivity index (χ1v) is 6.71. The molecule has 0 fully saturated rings. The van der Waals surface area contributed by atoms with Gasteiger partial charge in [-0.15, -0.1) is 0 Å². The van der Waals surface area contributed by atoms with Crippen molar-refractivity contribution < 1.29 is 4.79 Å². The first-order chi connectivity index (χ1) is 9.02. The highest BCUT2D eigenvalue weighted by atomic mass is 16.1. The molecule has 2 atom stereocenters. The van der Waals surface area contributed by atoms with Crippen molar-refractivity contribution in [3.8, 4) is 0 Å². The Labute approximate surface area is 113 Å². The summed E-state index contributed by atoms with van der Waals surface area (Å²) in [4.78, 5) is 15.3. The summed E-state index contributed by atoms with van der Waals surface area (Å²) in [5, 5.41) is 3.98. The number of rotatable bonds is 4. The van der Waals surface area contributed by atoms with Crippen LogP contribution in [-0.4, -0.2) is 16.9 Å². The molecule has 19 heavy (non-hydrogen) atoms. The van der Waals surface area contributed by atoms with Crippen molar-refractivity contribution >= 4 is 22.5 Å². The molecule has 2 aromatic rings. The number of hydrogen-bond acceptors (Lipinski definition) is 2. The Hall–Kier alpha value is -1.97. The van der Waals surface area contributed by atoms with Gasteiger partial charge in [-0.05, 0) is 25.0 Å². The van der Waals surface area contributed by atoms with E-state index in [1.807, 2.05) is 31.2 Å². The summed E-state index contributed by atoms with van der Waals surface area (Å²) < 4.78 is 0. The van der Waals surface area contributed by atoms with Gasteiger partial charge >= 0.3 is 0 Å². The third-order valence-corrected chi connectivity index (χ3v) is 3.79. The molecule has 0 bridgehead atoms. The minimum Gasteiger partial charge on any atom is -0.397 e. The summed E-state index contributed by atoms with van der Waals surface area (Å²) in [7, 11) is 0. The Morgan fingerprint density at radius 1 is 1.42 bits per heavy atom. The van der Waals surface area contributed by atoms with Crippen molar-refractivity contribution in [3.05, 3.63) is 30.0 Å². The zero-order valence-electron chi connectivity index (χ0n) is 11.7. The summed E-state index contributed by atoms with van der Waals surface area (Å²) in [6, 6.07) is 7.64. The van der Waals surface area contributed by atoms with Crippen LogP contribution in [0, 0.1) is 5.92 Å². The van der Waals surface area contributed by atoms with Crippen molar-refractivity contribution in [1.82, 2.24) is 10.3 Å². The molecule has 4 heteroatoms. The monoisotopic (exact) mass is 259 g/mol. The quantitative estimate of drug-likeness (QED) is 0.739. The number of anilines is 1. The molecule has 0 spiro atoms. The van der Waals surface area contributed by atoms with E-state index >= 15 is 0 Å². The number of carbonyl (C=O) groups is 1. The summed E-state index contributed by atoms with van der Waals surface area (Å²) >= 11 is 0.